The summed E-state index contributed by atoms with van der Waals surface area (Å²) in [6.45, 7) is 6.35. The molecule has 0 bridgehead atoms. The van der Waals surface area contributed by atoms with E-state index in [0.29, 0.717) is 11.8 Å². The lowest BCUT2D eigenvalue weighted by molar-refractivity contribution is 0.452. The number of hydrogen-bond donors (Lipinski definition) is 2. The van der Waals surface area contributed by atoms with Gasteiger partial charge in [0.2, 0.25) is 0 Å². The summed E-state index contributed by atoms with van der Waals surface area (Å²) in [7, 11) is 0. The number of nitrogens with one attached hydrogen (secondary N) is 2. The molecule has 1 aliphatic rings. The summed E-state index contributed by atoms with van der Waals surface area (Å²) < 4.78 is 0. The third-order valence-corrected chi connectivity index (χ3v) is 1.78. The predicted molar refractivity (Wildman–Crippen MR) is 46.0 cm³/mol. The Balaban J connectivity index is 0.000000810. The zero-order valence-corrected chi connectivity index (χ0v) is 7.51. The minimum atomic E-state index is 0. The smallest absolute Gasteiger partial charge is 0.0965 e. The van der Waals surface area contributed by atoms with Crippen molar-refractivity contribution in [2.75, 3.05) is 0 Å². The largest absolute Gasteiger partial charge is 0.369 e. The topological polar surface area (TPSA) is 35.9 Å². The minimum Gasteiger partial charge on any atom is -0.369 e. The van der Waals surface area contributed by atoms with Gasteiger partial charge in [-0.15, -0.1) is 12.4 Å². The Morgan fingerprint density at radius 1 is 1.60 bits per heavy atom. The van der Waals surface area contributed by atoms with Crippen LogP contribution >= 0.6 is 12.4 Å². The molecule has 1 unspecified atom stereocenters. The molecule has 1 aliphatic heterocycles. The molecule has 0 aromatic heterocycles. The fraction of sp³-hybridized carbons (Fsp3) is 0.857. The van der Waals surface area contributed by atoms with Crippen molar-refractivity contribution < 1.29 is 0 Å². The molecule has 60 valence electrons. The van der Waals surface area contributed by atoms with Crippen LogP contribution in [0, 0.1) is 11.3 Å². The predicted octanol–water partition coefficient (Wildman–Crippen LogP) is 1.79. The van der Waals surface area contributed by atoms with Crippen LogP contribution in [-0.4, -0.2) is 11.4 Å². The van der Waals surface area contributed by atoms with Gasteiger partial charge in [0, 0.05) is 11.5 Å². The Bertz CT molecular complexity index is 143. The molecule has 0 aliphatic carbocycles. The van der Waals surface area contributed by atoms with Crippen LogP contribution in [-0.2, 0) is 0 Å². The third kappa shape index (κ3) is 1.87. The van der Waals surface area contributed by atoms with Gasteiger partial charge in [-0.25, -0.2) is 0 Å². The quantitative estimate of drug-likeness (QED) is 0.560. The molecule has 1 rings (SSSR count). The van der Waals surface area contributed by atoms with Crippen LogP contribution in [0.15, 0.2) is 0 Å². The summed E-state index contributed by atoms with van der Waals surface area (Å²) in [4.78, 5) is 0. The molecule has 1 saturated heterocycles. The normalized spacial score (nSPS) is 29.1. The van der Waals surface area contributed by atoms with Gasteiger partial charge in [0.1, 0.15) is 0 Å². The molecule has 0 aromatic rings. The highest BCUT2D eigenvalue weighted by Crippen LogP contribution is 2.23. The average Bonchev–Trinajstić information content (AvgIpc) is 1.79. The van der Waals surface area contributed by atoms with Gasteiger partial charge in [-0.3, -0.25) is 5.41 Å². The van der Waals surface area contributed by atoms with E-state index in [1.807, 2.05) is 0 Å². The summed E-state index contributed by atoms with van der Waals surface area (Å²) in [5.74, 6) is 1.12. The Morgan fingerprint density at radius 2 is 2.10 bits per heavy atom. The van der Waals surface area contributed by atoms with E-state index in [-0.39, 0.29) is 17.9 Å². The molecule has 1 heterocycles. The van der Waals surface area contributed by atoms with Crippen molar-refractivity contribution in [2.45, 2.75) is 32.7 Å². The molecule has 0 radical (unpaired) electrons. The van der Waals surface area contributed by atoms with Crippen molar-refractivity contribution in [3.8, 4) is 0 Å². The zero-order valence-electron chi connectivity index (χ0n) is 6.69. The molecule has 3 heteroatoms. The lowest BCUT2D eigenvalue weighted by atomic mass is 9.98. The number of hydrogen-bond acceptors (Lipinski definition) is 1. The van der Waals surface area contributed by atoms with Gasteiger partial charge in [-0.1, -0.05) is 6.92 Å². The van der Waals surface area contributed by atoms with E-state index in [1.54, 1.807) is 0 Å². The van der Waals surface area contributed by atoms with Gasteiger partial charge in [0.15, 0.2) is 0 Å². The van der Waals surface area contributed by atoms with Crippen LogP contribution in [0.3, 0.4) is 0 Å². The van der Waals surface area contributed by atoms with Crippen molar-refractivity contribution in [3.63, 3.8) is 0 Å². The molecule has 2 nitrogen and oxygen atoms in total. The fourth-order valence-corrected chi connectivity index (χ4v) is 1.41. The summed E-state index contributed by atoms with van der Waals surface area (Å²) in [6, 6.07) is 0. The molecule has 2 N–H and O–H groups in total. The van der Waals surface area contributed by atoms with Crippen LogP contribution in [0.1, 0.15) is 27.2 Å². The number of rotatable bonds is 0. The van der Waals surface area contributed by atoms with Crippen molar-refractivity contribution in [2.24, 2.45) is 5.92 Å². The maximum absolute atomic E-state index is 7.40. The Morgan fingerprint density at radius 3 is 2.20 bits per heavy atom. The number of amidine groups is 1. The lowest BCUT2D eigenvalue weighted by Crippen LogP contribution is -2.34. The van der Waals surface area contributed by atoms with Crippen LogP contribution < -0.4 is 5.32 Å². The monoisotopic (exact) mass is 162 g/mol. The maximum atomic E-state index is 7.40. The number of halogens is 1. The Labute approximate surface area is 68.3 Å². The fourth-order valence-electron chi connectivity index (χ4n) is 1.41. The van der Waals surface area contributed by atoms with E-state index >= 15 is 0 Å². The van der Waals surface area contributed by atoms with Crippen molar-refractivity contribution in [1.29, 1.82) is 5.41 Å². The second-order valence-electron chi connectivity index (χ2n) is 3.53. The van der Waals surface area contributed by atoms with Crippen molar-refractivity contribution in [1.82, 2.24) is 5.32 Å². The molecule has 0 saturated carbocycles. The van der Waals surface area contributed by atoms with Gasteiger partial charge < -0.3 is 5.32 Å². The summed E-state index contributed by atoms with van der Waals surface area (Å²) >= 11 is 0. The first-order valence-electron chi connectivity index (χ1n) is 3.38. The highest BCUT2D eigenvalue weighted by molar-refractivity contribution is 5.85. The maximum Gasteiger partial charge on any atom is 0.0965 e. The van der Waals surface area contributed by atoms with E-state index in [0.717, 1.165) is 6.42 Å². The third-order valence-electron chi connectivity index (χ3n) is 1.78. The Kier molecular flexibility index (Phi) is 2.72. The molecule has 0 amide bonds. The van der Waals surface area contributed by atoms with Gasteiger partial charge >= 0.3 is 0 Å². The molecule has 1 fully saturated rings. The standard InChI is InChI=1S/C7H14N2.ClH/c1-5-4-7(2,3)9-6(5)8;/h5H,4H2,1-3H3,(H2,8,9);1H. The summed E-state index contributed by atoms with van der Waals surface area (Å²) in [5, 5.41) is 10.5. The first-order valence-corrected chi connectivity index (χ1v) is 3.38. The lowest BCUT2D eigenvalue weighted by Gasteiger charge is -2.16. The van der Waals surface area contributed by atoms with Crippen LogP contribution in [0.25, 0.3) is 0 Å². The Hall–Kier alpha value is -0.240. The van der Waals surface area contributed by atoms with E-state index in [4.69, 9.17) is 5.41 Å². The summed E-state index contributed by atoms with van der Waals surface area (Å²) in [6.07, 6.45) is 1.09. The second-order valence-corrected chi connectivity index (χ2v) is 3.53. The van der Waals surface area contributed by atoms with Gasteiger partial charge in [0.25, 0.3) is 0 Å². The van der Waals surface area contributed by atoms with Crippen LogP contribution in [0.5, 0.6) is 0 Å². The van der Waals surface area contributed by atoms with Gasteiger partial charge in [-0.05, 0) is 20.3 Å². The van der Waals surface area contributed by atoms with Crippen molar-refractivity contribution >= 4 is 18.2 Å². The van der Waals surface area contributed by atoms with E-state index in [2.05, 4.69) is 26.1 Å². The molecular formula is C7H15ClN2. The minimum absolute atomic E-state index is 0. The van der Waals surface area contributed by atoms with E-state index in [9.17, 15) is 0 Å². The highest BCUT2D eigenvalue weighted by atomic mass is 35.5. The van der Waals surface area contributed by atoms with Crippen molar-refractivity contribution in [3.05, 3.63) is 0 Å². The van der Waals surface area contributed by atoms with E-state index in [1.165, 1.54) is 0 Å². The van der Waals surface area contributed by atoms with Gasteiger partial charge in [-0.2, -0.15) is 0 Å². The summed E-state index contributed by atoms with van der Waals surface area (Å²) in [5.41, 5.74) is 0.163. The second kappa shape index (κ2) is 2.79. The van der Waals surface area contributed by atoms with Crippen LogP contribution in [0.4, 0.5) is 0 Å². The SMILES string of the molecule is CC1CC(C)(C)NC1=N.Cl. The molecule has 0 aromatic carbocycles. The zero-order chi connectivity index (χ0) is 7.07. The molecule has 0 spiro atoms. The molecular weight excluding hydrogens is 148 g/mol. The van der Waals surface area contributed by atoms with E-state index < -0.39 is 0 Å². The molecule has 10 heavy (non-hydrogen) atoms. The molecule has 1 atom stereocenters. The first-order chi connectivity index (χ1) is 4.01. The first kappa shape index (κ1) is 9.76. The van der Waals surface area contributed by atoms with Crippen LogP contribution in [0.2, 0.25) is 0 Å². The average molecular weight is 163 g/mol. The van der Waals surface area contributed by atoms with Gasteiger partial charge in [0.05, 0.1) is 5.84 Å². The highest BCUT2D eigenvalue weighted by Gasteiger charge is 2.31.